The Morgan fingerprint density at radius 3 is 2.48 bits per heavy atom. The fourth-order valence-electron chi connectivity index (χ4n) is 2.20. The highest BCUT2D eigenvalue weighted by atomic mass is 79.9. The van der Waals surface area contributed by atoms with Crippen LogP contribution in [0.4, 0.5) is 0 Å². The van der Waals surface area contributed by atoms with E-state index in [1.807, 2.05) is 54.6 Å². The highest BCUT2D eigenvalue weighted by Gasteiger charge is 2.12. The first-order chi connectivity index (χ1) is 12.1. The summed E-state index contributed by atoms with van der Waals surface area (Å²) in [6.07, 6.45) is 0. The van der Waals surface area contributed by atoms with Crippen LogP contribution in [-0.2, 0) is 11.3 Å². The molecule has 126 valence electrons. The molecule has 0 aliphatic rings. The molecule has 0 saturated heterocycles. The molecular weight excluding hydrogens is 404 g/mol. The molecular formula is C20H14BrClO3. The Balaban J connectivity index is 1.66. The third-order valence-electron chi connectivity index (χ3n) is 3.40. The van der Waals surface area contributed by atoms with E-state index in [1.165, 1.54) is 0 Å². The minimum Gasteiger partial charge on any atom is -0.457 e. The molecule has 0 aromatic heterocycles. The highest BCUT2D eigenvalue weighted by molar-refractivity contribution is 9.10. The van der Waals surface area contributed by atoms with Gasteiger partial charge in [0.15, 0.2) is 0 Å². The predicted molar refractivity (Wildman–Crippen MR) is 101 cm³/mol. The molecule has 3 rings (SSSR count). The quantitative estimate of drug-likeness (QED) is 0.460. The van der Waals surface area contributed by atoms with Crippen molar-refractivity contribution in [1.29, 1.82) is 0 Å². The van der Waals surface area contributed by atoms with Gasteiger partial charge in [-0.25, -0.2) is 4.79 Å². The van der Waals surface area contributed by atoms with Gasteiger partial charge in [0.05, 0.1) is 10.6 Å². The second kappa shape index (κ2) is 8.19. The Morgan fingerprint density at radius 1 is 0.920 bits per heavy atom. The van der Waals surface area contributed by atoms with Crippen molar-refractivity contribution in [3.8, 4) is 11.5 Å². The van der Waals surface area contributed by atoms with Crippen LogP contribution < -0.4 is 4.74 Å². The zero-order chi connectivity index (χ0) is 17.6. The maximum absolute atomic E-state index is 12.2. The molecule has 0 fully saturated rings. The van der Waals surface area contributed by atoms with Crippen LogP contribution in [0.3, 0.4) is 0 Å². The molecule has 0 radical (unpaired) electrons. The van der Waals surface area contributed by atoms with E-state index >= 15 is 0 Å². The Kier molecular flexibility index (Phi) is 5.74. The average molecular weight is 418 g/mol. The lowest BCUT2D eigenvalue weighted by molar-refractivity contribution is 0.0472. The van der Waals surface area contributed by atoms with Crippen LogP contribution in [0.1, 0.15) is 15.9 Å². The summed E-state index contributed by atoms with van der Waals surface area (Å²) in [5, 5.41) is 0.356. The number of hydrogen-bond donors (Lipinski definition) is 0. The van der Waals surface area contributed by atoms with Crippen molar-refractivity contribution < 1.29 is 14.3 Å². The molecule has 0 bridgehead atoms. The molecule has 3 aromatic carbocycles. The SMILES string of the molecule is O=C(OCc1cccc(Oc2ccccc2)c1)c1cc(Br)ccc1Cl. The zero-order valence-corrected chi connectivity index (χ0v) is 15.5. The molecule has 3 nitrogen and oxygen atoms in total. The van der Waals surface area contributed by atoms with Crippen LogP contribution in [0, 0.1) is 0 Å². The molecule has 0 spiro atoms. The largest absolute Gasteiger partial charge is 0.457 e. The second-order valence-corrected chi connectivity index (χ2v) is 6.59. The van der Waals surface area contributed by atoms with E-state index in [2.05, 4.69) is 15.9 Å². The van der Waals surface area contributed by atoms with Gasteiger partial charge >= 0.3 is 5.97 Å². The lowest BCUT2D eigenvalue weighted by Gasteiger charge is -2.09. The second-order valence-electron chi connectivity index (χ2n) is 5.26. The summed E-state index contributed by atoms with van der Waals surface area (Å²) in [6.45, 7) is 0.133. The summed E-state index contributed by atoms with van der Waals surface area (Å²) >= 11 is 9.37. The molecule has 0 aliphatic heterocycles. The normalized spacial score (nSPS) is 10.3. The Morgan fingerprint density at radius 2 is 1.68 bits per heavy atom. The van der Waals surface area contributed by atoms with Gasteiger partial charge in [0.2, 0.25) is 0 Å². The molecule has 0 amide bonds. The molecule has 3 aromatic rings. The van der Waals surface area contributed by atoms with Gasteiger partial charge in [0.25, 0.3) is 0 Å². The summed E-state index contributed by atoms with van der Waals surface area (Å²) in [7, 11) is 0. The van der Waals surface area contributed by atoms with E-state index in [0.29, 0.717) is 16.3 Å². The molecule has 0 N–H and O–H groups in total. The number of carbonyl (C=O) groups is 1. The summed E-state index contributed by atoms with van der Waals surface area (Å²) in [5.41, 5.74) is 1.15. The van der Waals surface area contributed by atoms with Crippen molar-refractivity contribution in [2.45, 2.75) is 6.61 Å². The van der Waals surface area contributed by atoms with Crippen LogP contribution in [-0.4, -0.2) is 5.97 Å². The first kappa shape index (κ1) is 17.5. The van der Waals surface area contributed by atoms with Gasteiger partial charge < -0.3 is 9.47 Å². The van der Waals surface area contributed by atoms with Crippen LogP contribution >= 0.6 is 27.5 Å². The number of para-hydroxylation sites is 1. The molecule has 5 heteroatoms. The molecule has 0 unspecified atom stereocenters. The molecule has 0 saturated carbocycles. The van der Waals surface area contributed by atoms with Crippen molar-refractivity contribution in [2.24, 2.45) is 0 Å². The third kappa shape index (κ3) is 4.84. The van der Waals surface area contributed by atoms with E-state index < -0.39 is 5.97 Å². The monoisotopic (exact) mass is 416 g/mol. The van der Waals surface area contributed by atoms with E-state index in [1.54, 1.807) is 18.2 Å². The van der Waals surface area contributed by atoms with Crippen molar-refractivity contribution in [1.82, 2.24) is 0 Å². The summed E-state index contributed by atoms with van der Waals surface area (Å²) in [6, 6.07) is 22.0. The molecule has 0 aliphatic carbocycles. The number of rotatable bonds is 5. The molecule has 25 heavy (non-hydrogen) atoms. The summed E-state index contributed by atoms with van der Waals surface area (Å²) in [5.74, 6) is 0.957. The van der Waals surface area contributed by atoms with Crippen LogP contribution in [0.25, 0.3) is 0 Å². The molecule has 0 atom stereocenters. The number of benzene rings is 3. The van der Waals surface area contributed by atoms with E-state index in [9.17, 15) is 4.79 Å². The third-order valence-corrected chi connectivity index (χ3v) is 4.22. The Labute approximate surface area is 159 Å². The minimum absolute atomic E-state index is 0.133. The van der Waals surface area contributed by atoms with Gasteiger partial charge in [-0.05, 0) is 48.0 Å². The zero-order valence-electron chi connectivity index (χ0n) is 13.1. The number of esters is 1. The minimum atomic E-state index is -0.472. The highest BCUT2D eigenvalue weighted by Crippen LogP contribution is 2.24. The van der Waals surface area contributed by atoms with E-state index in [-0.39, 0.29) is 6.61 Å². The van der Waals surface area contributed by atoms with Gasteiger partial charge in [-0.15, -0.1) is 0 Å². The number of ether oxygens (including phenoxy) is 2. The molecule has 0 heterocycles. The van der Waals surface area contributed by atoms with Crippen molar-refractivity contribution in [3.63, 3.8) is 0 Å². The van der Waals surface area contributed by atoms with Crippen molar-refractivity contribution >= 4 is 33.5 Å². The van der Waals surface area contributed by atoms with E-state index in [0.717, 1.165) is 15.8 Å². The maximum Gasteiger partial charge on any atom is 0.340 e. The summed E-state index contributed by atoms with van der Waals surface area (Å²) in [4.78, 5) is 12.2. The van der Waals surface area contributed by atoms with Crippen molar-refractivity contribution in [3.05, 3.63) is 93.4 Å². The fourth-order valence-corrected chi connectivity index (χ4v) is 2.76. The number of carbonyl (C=O) groups excluding carboxylic acids is 1. The smallest absolute Gasteiger partial charge is 0.340 e. The first-order valence-corrected chi connectivity index (χ1v) is 8.73. The lowest BCUT2D eigenvalue weighted by Crippen LogP contribution is -2.06. The summed E-state index contributed by atoms with van der Waals surface area (Å²) < 4.78 is 11.9. The fraction of sp³-hybridized carbons (Fsp3) is 0.0500. The van der Waals surface area contributed by atoms with Gasteiger partial charge in [-0.2, -0.15) is 0 Å². The number of hydrogen-bond acceptors (Lipinski definition) is 3. The average Bonchev–Trinajstić information content (AvgIpc) is 2.63. The van der Waals surface area contributed by atoms with Gasteiger partial charge in [0.1, 0.15) is 18.1 Å². The topological polar surface area (TPSA) is 35.5 Å². The van der Waals surface area contributed by atoms with Gasteiger partial charge in [-0.1, -0.05) is 57.9 Å². The van der Waals surface area contributed by atoms with Gasteiger partial charge in [-0.3, -0.25) is 0 Å². The maximum atomic E-state index is 12.2. The predicted octanol–water partition coefficient (Wildman–Crippen LogP) is 6.25. The van der Waals surface area contributed by atoms with E-state index in [4.69, 9.17) is 21.1 Å². The van der Waals surface area contributed by atoms with Crippen LogP contribution in [0.15, 0.2) is 77.3 Å². The van der Waals surface area contributed by atoms with Crippen molar-refractivity contribution in [2.75, 3.05) is 0 Å². The van der Waals surface area contributed by atoms with Crippen LogP contribution in [0.2, 0.25) is 5.02 Å². The standard InChI is InChI=1S/C20H14BrClO3/c21-15-9-10-19(22)18(12-15)20(23)24-13-14-5-4-8-17(11-14)25-16-6-2-1-3-7-16/h1-12H,13H2. The first-order valence-electron chi connectivity index (χ1n) is 7.56. The Hall–Kier alpha value is -2.30. The van der Waals surface area contributed by atoms with Gasteiger partial charge in [0, 0.05) is 4.47 Å². The number of halogens is 2. The Bertz CT molecular complexity index is 881. The van der Waals surface area contributed by atoms with Crippen LogP contribution in [0.5, 0.6) is 11.5 Å². The lowest BCUT2D eigenvalue weighted by atomic mass is 10.2.